The van der Waals surface area contributed by atoms with Crippen LogP contribution in [0.5, 0.6) is 23.0 Å². The van der Waals surface area contributed by atoms with Gasteiger partial charge >= 0.3 is 0 Å². The van der Waals surface area contributed by atoms with Crippen LogP contribution < -0.4 is 23.5 Å². The average molecular weight is 430 g/mol. The van der Waals surface area contributed by atoms with Crippen LogP contribution in [-0.2, 0) is 12.8 Å². The molecule has 3 rings (SSSR count). The predicted molar refractivity (Wildman–Crippen MR) is 94.3 cm³/mol. The second-order valence-electron chi connectivity index (χ2n) is 6.58. The van der Waals surface area contributed by atoms with Gasteiger partial charge in [-0.15, -0.1) is 0 Å². The minimum Gasteiger partial charge on any atom is -0.504 e. The number of ether oxygens (including phenoxy) is 2. The van der Waals surface area contributed by atoms with Crippen molar-refractivity contribution < 1.29 is 48.6 Å². The number of rotatable bonds is 4. The first-order chi connectivity index (χ1) is 13.5. The van der Waals surface area contributed by atoms with E-state index in [-0.39, 0.29) is 17.5 Å². The van der Waals surface area contributed by atoms with Crippen molar-refractivity contribution in [2.24, 2.45) is 0 Å². The van der Waals surface area contributed by atoms with Crippen LogP contribution in [-0.4, -0.2) is 47.6 Å². The molecule has 1 aliphatic rings. The lowest BCUT2D eigenvalue weighted by molar-refractivity contribution is -1.92. The number of hydrogen-bond acceptors (Lipinski definition) is 9. The SMILES string of the molecule is COc1ccc(C[C@@H]2c3cc(O)c(OC)cc3CCN2C)cc1O.[O-][Cl+3]([O-])([O-])O. The molecule has 0 spiro atoms. The van der Waals surface area contributed by atoms with Gasteiger partial charge in [0.15, 0.2) is 23.0 Å². The van der Waals surface area contributed by atoms with E-state index in [9.17, 15) is 10.2 Å². The van der Waals surface area contributed by atoms with E-state index < -0.39 is 10.2 Å². The van der Waals surface area contributed by atoms with Gasteiger partial charge in [-0.25, -0.2) is 0 Å². The topological polar surface area (TPSA) is 152 Å². The van der Waals surface area contributed by atoms with Crippen molar-refractivity contribution in [2.45, 2.75) is 18.9 Å². The summed E-state index contributed by atoms with van der Waals surface area (Å²) in [7, 11) is 0.488. The number of fused-ring (bicyclic) bond motifs is 1. The molecule has 160 valence electrons. The first-order valence-electron chi connectivity index (χ1n) is 8.62. The number of methoxy groups -OCH3 is 2. The summed E-state index contributed by atoms with van der Waals surface area (Å²) in [5, 5.41) is 20.1. The Balaban J connectivity index is 0.000000537. The van der Waals surface area contributed by atoms with Crippen molar-refractivity contribution in [3.63, 3.8) is 0 Å². The van der Waals surface area contributed by atoms with Gasteiger partial charge in [0.1, 0.15) is 0 Å². The van der Waals surface area contributed by atoms with Gasteiger partial charge in [-0.3, -0.25) is 4.90 Å². The van der Waals surface area contributed by atoms with Crippen LogP contribution in [0.1, 0.15) is 22.7 Å². The molecular formula is C19H24ClNO8. The third-order valence-corrected chi connectivity index (χ3v) is 4.74. The zero-order chi connectivity index (χ0) is 21.8. The number of hydrogen-bond donors (Lipinski definition) is 3. The van der Waals surface area contributed by atoms with E-state index in [2.05, 4.69) is 11.9 Å². The Morgan fingerprint density at radius 1 is 1.03 bits per heavy atom. The van der Waals surface area contributed by atoms with Crippen LogP contribution in [0.25, 0.3) is 0 Å². The van der Waals surface area contributed by atoms with Crippen molar-refractivity contribution in [1.82, 2.24) is 4.90 Å². The summed E-state index contributed by atoms with van der Waals surface area (Å²) < 4.78 is 43.0. The quantitative estimate of drug-likeness (QED) is 0.542. The van der Waals surface area contributed by atoms with Gasteiger partial charge < -0.3 is 19.7 Å². The summed E-state index contributed by atoms with van der Waals surface area (Å²) in [6.45, 7) is 0.938. The van der Waals surface area contributed by atoms with Gasteiger partial charge in [0, 0.05) is 12.6 Å². The lowest BCUT2D eigenvalue weighted by atomic mass is 9.88. The molecule has 0 aromatic heterocycles. The van der Waals surface area contributed by atoms with Crippen LogP contribution in [0.2, 0.25) is 0 Å². The molecule has 2 aromatic rings. The first-order valence-corrected chi connectivity index (χ1v) is 9.89. The van der Waals surface area contributed by atoms with Crippen LogP contribution in [0.4, 0.5) is 0 Å². The summed E-state index contributed by atoms with van der Waals surface area (Å²) in [5.74, 6) is 1.29. The van der Waals surface area contributed by atoms with E-state index in [1.807, 2.05) is 12.1 Å². The Hall–Kier alpha value is -2.27. The maximum Gasteiger partial charge on any atom is 0.160 e. The number of benzene rings is 2. The number of halogens is 1. The molecule has 3 N–H and O–H groups in total. The molecule has 0 bridgehead atoms. The maximum absolute atomic E-state index is 10.1. The highest BCUT2D eigenvalue weighted by atomic mass is 35.7. The third-order valence-electron chi connectivity index (χ3n) is 4.74. The molecule has 10 heteroatoms. The number of nitrogens with zero attached hydrogens (tertiary/aromatic N) is 1. The van der Waals surface area contributed by atoms with E-state index in [1.165, 1.54) is 12.7 Å². The van der Waals surface area contributed by atoms with Gasteiger partial charge in [0.2, 0.25) is 0 Å². The first kappa shape index (κ1) is 23.0. The normalized spacial score (nSPS) is 16.4. The highest BCUT2D eigenvalue weighted by Crippen LogP contribution is 2.39. The minimum atomic E-state index is -4.69. The van der Waals surface area contributed by atoms with Crippen LogP contribution in [0, 0.1) is 10.2 Å². The van der Waals surface area contributed by atoms with E-state index in [0.29, 0.717) is 11.5 Å². The molecule has 0 fully saturated rings. The molecule has 0 saturated heterocycles. The monoisotopic (exact) mass is 429 g/mol. The van der Waals surface area contributed by atoms with Crippen LogP contribution >= 0.6 is 0 Å². The van der Waals surface area contributed by atoms with Crippen molar-refractivity contribution in [2.75, 3.05) is 27.8 Å². The standard InChI is InChI=1S/C19H23NO4.ClHO4/c1-20-7-6-13-10-19(24-3)17(22)11-14(13)15(20)8-12-4-5-18(23-2)16(21)9-12;2-1(3,4)5/h4-5,9-11,15,21-22H,6-8H2,1-3H3;(H,2,3,4,5)/t15-;/m1./s1. The third kappa shape index (κ3) is 6.36. The Morgan fingerprint density at radius 3 is 2.17 bits per heavy atom. The summed E-state index contributed by atoms with van der Waals surface area (Å²) in [4.78, 5) is 2.27. The smallest absolute Gasteiger partial charge is 0.160 e. The minimum absolute atomic E-state index is 0.137. The highest BCUT2D eigenvalue weighted by Gasteiger charge is 2.27. The van der Waals surface area contributed by atoms with Crippen molar-refractivity contribution in [3.05, 3.63) is 47.0 Å². The Morgan fingerprint density at radius 2 is 1.62 bits per heavy atom. The molecule has 1 aliphatic heterocycles. The summed E-state index contributed by atoms with van der Waals surface area (Å²) in [6, 6.07) is 9.35. The molecule has 1 atom stereocenters. The van der Waals surface area contributed by atoms with Crippen LogP contribution in [0.15, 0.2) is 30.3 Å². The van der Waals surface area contributed by atoms with E-state index >= 15 is 0 Å². The number of aromatic hydroxyl groups is 2. The fraction of sp³-hybridized carbons (Fsp3) is 0.368. The molecule has 0 saturated carbocycles. The number of phenolic OH excluding ortho intramolecular Hbond substituents is 2. The van der Waals surface area contributed by atoms with Gasteiger partial charge in [0.25, 0.3) is 0 Å². The largest absolute Gasteiger partial charge is 0.504 e. The molecular weight excluding hydrogens is 406 g/mol. The molecule has 0 aliphatic carbocycles. The Labute approximate surface area is 170 Å². The van der Waals surface area contributed by atoms with Gasteiger partial charge in [0.05, 0.1) is 29.1 Å². The Kier molecular flexibility index (Phi) is 7.53. The highest BCUT2D eigenvalue weighted by molar-refractivity contribution is 5.49. The Bertz CT molecular complexity index is 834. The maximum atomic E-state index is 10.1. The zero-order valence-electron chi connectivity index (χ0n) is 16.3. The fourth-order valence-electron chi connectivity index (χ4n) is 3.36. The molecule has 0 radical (unpaired) electrons. The second kappa shape index (κ2) is 9.49. The van der Waals surface area contributed by atoms with E-state index in [0.717, 1.165) is 30.5 Å². The molecule has 2 aromatic carbocycles. The van der Waals surface area contributed by atoms with E-state index in [1.54, 1.807) is 25.3 Å². The molecule has 9 nitrogen and oxygen atoms in total. The summed E-state index contributed by atoms with van der Waals surface area (Å²) in [6.07, 6.45) is 1.67. The van der Waals surface area contributed by atoms with Gasteiger partial charge in [-0.05, 0) is 60.8 Å². The van der Waals surface area contributed by atoms with Gasteiger partial charge in [-0.2, -0.15) is 14.0 Å². The molecule has 0 amide bonds. The zero-order valence-corrected chi connectivity index (χ0v) is 17.0. The lowest BCUT2D eigenvalue weighted by Crippen LogP contribution is -2.58. The predicted octanol–water partition coefficient (Wildman–Crippen LogP) is -1.24. The summed E-state index contributed by atoms with van der Waals surface area (Å²) in [5.41, 5.74) is 3.33. The second-order valence-corrected chi connectivity index (χ2v) is 7.37. The molecule has 1 heterocycles. The fourth-order valence-corrected chi connectivity index (χ4v) is 3.36. The summed E-state index contributed by atoms with van der Waals surface area (Å²) >= 11 is 0. The average Bonchev–Trinajstić information content (AvgIpc) is 2.63. The number of phenols is 2. The molecule has 29 heavy (non-hydrogen) atoms. The van der Waals surface area contributed by atoms with Gasteiger partial charge in [-0.1, -0.05) is 6.07 Å². The van der Waals surface area contributed by atoms with Crippen molar-refractivity contribution >= 4 is 0 Å². The molecule has 0 unspecified atom stereocenters. The number of likely N-dealkylation sites (N-methyl/N-ethyl adjacent to an activating group) is 1. The van der Waals surface area contributed by atoms with Crippen LogP contribution in [0.3, 0.4) is 0 Å². The lowest BCUT2D eigenvalue weighted by Gasteiger charge is -2.35. The van der Waals surface area contributed by atoms with Crippen molar-refractivity contribution in [3.8, 4) is 23.0 Å². The van der Waals surface area contributed by atoms with E-state index in [4.69, 9.17) is 28.1 Å². The van der Waals surface area contributed by atoms with Crippen molar-refractivity contribution in [1.29, 1.82) is 0 Å².